The van der Waals surface area contributed by atoms with E-state index in [2.05, 4.69) is 19.6 Å². The minimum absolute atomic E-state index is 0.0803. The Morgan fingerprint density at radius 3 is 2.78 bits per heavy atom. The molecule has 0 spiro atoms. The normalized spacial score (nSPS) is 11.9. The van der Waals surface area contributed by atoms with E-state index in [9.17, 15) is 4.79 Å². The van der Waals surface area contributed by atoms with Gasteiger partial charge in [-0.05, 0) is 28.5 Å². The van der Waals surface area contributed by atoms with E-state index in [1.54, 1.807) is 0 Å². The number of carbonyl (C=O) groups excluding carboxylic acids is 1. The molecule has 0 aliphatic carbocycles. The molecule has 1 aromatic rings. The molecule has 0 radical (unpaired) electrons. The lowest BCUT2D eigenvalue weighted by Crippen LogP contribution is -2.23. The zero-order valence-corrected chi connectivity index (χ0v) is 11.5. The molecule has 0 fully saturated rings. The molecule has 1 aromatic carbocycles. The first-order valence-corrected chi connectivity index (χ1v) is 6.49. The average molecular weight is 246 g/mol. The van der Waals surface area contributed by atoms with Crippen LogP contribution in [0.1, 0.15) is 39.2 Å². The van der Waals surface area contributed by atoms with Crippen molar-refractivity contribution in [2.24, 2.45) is 5.92 Å². The standard InChI is InChI=1S/C16H22O2/c1-5-6-7-15-10-14(9-8-13(15)4)11-18-16(17)12(2)3/h7-10,12H,4-6,11H2,1-3H3/b15-7-. The van der Waals surface area contributed by atoms with Crippen molar-refractivity contribution in [2.75, 3.05) is 0 Å². The minimum Gasteiger partial charge on any atom is -0.461 e. The van der Waals surface area contributed by atoms with Crippen molar-refractivity contribution >= 4 is 18.6 Å². The number of rotatable bonds is 5. The van der Waals surface area contributed by atoms with Crippen LogP contribution in [0.25, 0.3) is 12.7 Å². The first-order valence-electron chi connectivity index (χ1n) is 6.49. The quantitative estimate of drug-likeness (QED) is 0.746. The van der Waals surface area contributed by atoms with Gasteiger partial charge in [-0.15, -0.1) is 0 Å². The van der Waals surface area contributed by atoms with E-state index in [1.807, 2.05) is 32.0 Å². The Bertz CT molecular complexity index is 500. The molecule has 2 heteroatoms. The topological polar surface area (TPSA) is 26.3 Å². The zero-order chi connectivity index (χ0) is 13.5. The van der Waals surface area contributed by atoms with Gasteiger partial charge in [-0.25, -0.2) is 0 Å². The van der Waals surface area contributed by atoms with Crippen LogP contribution in [-0.4, -0.2) is 5.97 Å². The van der Waals surface area contributed by atoms with Gasteiger partial charge < -0.3 is 4.74 Å². The van der Waals surface area contributed by atoms with Gasteiger partial charge in [0.1, 0.15) is 6.61 Å². The van der Waals surface area contributed by atoms with Crippen LogP contribution in [0.4, 0.5) is 0 Å². The first-order chi connectivity index (χ1) is 8.54. The summed E-state index contributed by atoms with van der Waals surface area (Å²) in [7, 11) is 0. The zero-order valence-electron chi connectivity index (χ0n) is 11.5. The van der Waals surface area contributed by atoms with Crippen LogP contribution in [0.5, 0.6) is 0 Å². The summed E-state index contributed by atoms with van der Waals surface area (Å²) in [5.41, 5.74) is 1.01. The number of esters is 1. The molecule has 18 heavy (non-hydrogen) atoms. The minimum atomic E-state index is -0.159. The fraction of sp³-hybridized carbons (Fsp3) is 0.438. The summed E-state index contributed by atoms with van der Waals surface area (Å²) in [5, 5.41) is 2.15. The summed E-state index contributed by atoms with van der Waals surface area (Å²) in [6, 6.07) is 5.98. The molecule has 0 unspecified atom stereocenters. The molecular formula is C16H22O2. The highest BCUT2D eigenvalue weighted by atomic mass is 16.5. The number of unbranched alkanes of at least 4 members (excludes halogenated alkanes) is 1. The van der Waals surface area contributed by atoms with Crippen molar-refractivity contribution in [2.45, 2.75) is 40.2 Å². The molecule has 0 atom stereocenters. The smallest absolute Gasteiger partial charge is 0.308 e. The predicted octanol–water partition coefficient (Wildman–Crippen LogP) is 2.38. The summed E-state index contributed by atoms with van der Waals surface area (Å²) >= 11 is 0. The molecule has 0 aliphatic rings. The second kappa shape index (κ2) is 7.00. The van der Waals surface area contributed by atoms with Crippen molar-refractivity contribution in [3.63, 3.8) is 0 Å². The van der Waals surface area contributed by atoms with Crippen molar-refractivity contribution in [1.29, 1.82) is 0 Å². The van der Waals surface area contributed by atoms with Gasteiger partial charge in [-0.1, -0.05) is 52.0 Å². The van der Waals surface area contributed by atoms with Crippen LogP contribution in [0.3, 0.4) is 0 Å². The molecule has 98 valence electrons. The number of hydrogen-bond acceptors (Lipinski definition) is 2. The summed E-state index contributed by atoms with van der Waals surface area (Å²) in [5.74, 6) is -0.240. The van der Waals surface area contributed by atoms with Gasteiger partial charge in [-0.3, -0.25) is 4.79 Å². The lowest BCUT2D eigenvalue weighted by molar-refractivity contribution is -0.148. The largest absolute Gasteiger partial charge is 0.461 e. The van der Waals surface area contributed by atoms with Crippen LogP contribution in [0.2, 0.25) is 0 Å². The molecule has 0 aromatic heterocycles. The maximum atomic E-state index is 11.4. The Morgan fingerprint density at radius 2 is 2.17 bits per heavy atom. The third-order valence-corrected chi connectivity index (χ3v) is 2.72. The molecule has 0 heterocycles. The fourth-order valence-electron chi connectivity index (χ4n) is 1.55. The van der Waals surface area contributed by atoms with Crippen molar-refractivity contribution in [3.8, 4) is 0 Å². The molecule has 0 aliphatic heterocycles. The number of hydrogen-bond donors (Lipinski definition) is 0. The van der Waals surface area contributed by atoms with Crippen LogP contribution >= 0.6 is 0 Å². The van der Waals surface area contributed by atoms with Crippen molar-refractivity contribution in [3.05, 3.63) is 34.2 Å². The van der Waals surface area contributed by atoms with E-state index in [-0.39, 0.29) is 11.9 Å². The van der Waals surface area contributed by atoms with Crippen LogP contribution in [-0.2, 0) is 16.1 Å². The number of ether oxygens (including phenoxy) is 1. The lowest BCUT2D eigenvalue weighted by atomic mass is 10.1. The van der Waals surface area contributed by atoms with Crippen LogP contribution in [0.15, 0.2) is 18.2 Å². The lowest BCUT2D eigenvalue weighted by Gasteiger charge is -2.07. The van der Waals surface area contributed by atoms with Crippen LogP contribution in [0, 0.1) is 5.92 Å². The van der Waals surface area contributed by atoms with E-state index in [4.69, 9.17) is 4.74 Å². The second-order valence-corrected chi connectivity index (χ2v) is 4.79. The Kier molecular flexibility index (Phi) is 5.63. The molecular weight excluding hydrogens is 224 g/mol. The van der Waals surface area contributed by atoms with Gasteiger partial charge in [0.05, 0.1) is 5.92 Å². The van der Waals surface area contributed by atoms with E-state index >= 15 is 0 Å². The van der Waals surface area contributed by atoms with Gasteiger partial charge in [0, 0.05) is 0 Å². The Balaban J connectivity index is 2.80. The maximum Gasteiger partial charge on any atom is 0.308 e. The summed E-state index contributed by atoms with van der Waals surface area (Å²) in [6.07, 6.45) is 4.33. The van der Waals surface area contributed by atoms with E-state index in [1.165, 1.54) is 0 Å². The molecule has 0 amide bonds. The summed E-state index contributed by atoms with van der Waals surface area (Å²) in [4.78, 5) is 11.4. The van der Waals surface area contributed by atoms with E-state index in [0.717, 1.165) is 28.8 Å². The maximum absolute atomic E-state index is 11.4. The number of carbonyl (C=O) groups is 1. The van der Waals surface area contributed by atoms with Crippen LogP contribution < -0.4 is 10.4 Å². The fourth-order valence-corrected chi connectivity index (χ4v) is 1.55. The highest BCUT2D eigenvalue weighted by molar-refractivity contribution is 5.71. The van der Waals surface area contributed by atoms with Gasteiger partial charge >= 0.3 is 5.97 Å². The van der Waals surface area contributed by atoms with Gasteiger partial charge in [0.2, 0.25) is 0 Å². The molecule has 0 saturated carbocycles. The van der Waals surface area contributed by atoms with Crippen molar-refractivity contribution < 1.29 is 9.53 Å². The highest BCUT2D eigenvalue weighted by Gasteiger charge is 2.07. The Hall–Kier alpha value is -1.57. The van der Waals surface area contributed by atoms with Gasteiger partial charge in [0.25, 0.3) is 0 Å². The van der Waals surface area contributed by atoms with E-state index < -0.39 is 0 Å². The summed E-state index contributed by atoms with van der Waals surface area (Å²) in [6.45, 7) is 10.2. The van der Waals surface area contributed by atoms with Gasteiger partial charge in [-0.2, -0.15) is 0 Å². The van der Waals surface area contributed by atoms with Gasteiger partial charge in [0.15, 0.2) is 0 Å². The Morgan fingerprint density at radius 1 is 1.44 bits per heavy atom. The molecule has 0 bridgehead atoms. The van der Waals surface area contributed by atoms with Crippen molar-refractivity contribution in [1.82, 2.24) is 0 Å². The Labute approximate surface area is 109 Å². The molecule has 1 rings (SSSR count). The SMILES string of the molecule is C=c1ccc(COC(=O)C(C)C)c/c1=C/CCC. The highest BCUT2D eigenvalue weighted by Crippen LogP contribution is 2.01. The summed E-state index contributed by atoms with van der Waals surface area (Å²) < 4.78 is 5.22. The third-order valence-electron chi connectivity index (χ3n) is 2.72. The first kappa shape index (κ1) is 14.5. The van der Waals surface area contributed by atoms with E-state index in [0.29, 0.717) is 6.61 Å². The molecule has 0 N–H and O–H groups in total. The molecule has 2 nitrogen and oxygen atoms in total. The second-order valence-electron chi connectivity index (χ2n) is 4.79. The third kappa shape index (κ3) is 4.36. The monoisotopic (exact) mass is 246 g/mol. The number of benzene rings is 1. The molecule has 0 saturated heterocycles. The predicted molar refractivity (Wildman–Crippen MR) is 75.2 cm³/mol. The average Bonchev–Trinajstić information content (AvgIpc) is 2.35.